The molecule has 26 heavy (non-hydrogen) atoms. The molecule has 4 rings (SSSR count). The maximum Gasteiger partial charge on any atom is 0.255 e. The minimum atomic E-state index is 0.0328. The van der Waals surface area contributed by atoms with Gasteiger partial charge in [-0.25, -0.2) is 0 Å². The van der Waals surface area contributed by atoms with Gasteiger partial charge in [-0.3, -0.25) is 4.79 Å². The van der Waals surface area contributed by atoms with Gasteiger partial charge < -0.3 is 15.0 Å². The number of amides is 1. The molecule has 5 heteroatoms. The molecule has 1 atom stereocenters. The lowest BCUT2D eigenvalue weighted by atomic mass is 9.97. The van der Waals surface area contributed by atoms with Gasteiger partial charge in [-0.05, 0) is 31.0 Å². The van der Waals surface area contributed by atoms with E-state index in [1.54, 1.807) is 12.1 Å². The van der Waals surface area contributed by atoms with E-state index in [-0.39, 0.29) is 5.91 Å². The van der Waals surface area contributed by atoms with E-state index in [4.69, 9.17) is 16.3 Å². The van der Waals surface area contributed by atoms with Crippen molar-refractivity contribution in [3.63, 3.8) is 0 Å². The molecular weight excluding hydrogens is 348 g/mol. The predicted molar refractivity (Wildman–Crippen MR) is 103 cm³/mol. The van der Waals surface area contributed by atoms with Crippen molar-refractivity contribution in [3.05, 3.63) is 64.7 Å². The Kier molecular flexibility index (Phi) is 5.14. The van der Waals surface area contributed by atoms with E-state index in [9.17, 15) is 4.79 Å². The first-order chi connectivity index (χ1) is 12.7. The summed E-state index contributed by atoms with van der Waals surface area (Å²) in [5, 5.41) is 4.31. The second kappa shape index (κ2) is 7.68. The molecule has 0 saturated carbocycles. The van der Waals surface area contributed by atoms with Gasteiger partial charge in [0.15, 0.2) is 0 Å². The fraction of sp³-hybridized carbons (Fsp3) is 0.381. The summed E-state index contributed by atoms with van der Waals surface area (Å²) < 4.78 is 5.75. The third-order valence-corrected chi connectivity index (χ3v) is 5.61. The molecule has 0 aromatic heterocycles. The maximum atomic E-state index is 12.7. The predicted octanol–water partition coefficient (Wildman–Crippen LogP) is 4.06. The highest BCUT2D eigenvalue weighted by molar-refractivity contribution is 6.33. The summed E-state index contributed by atoms with van der Waals surface area (Å²) >= 11 is 6.17. The monoisotopic (exact) mass is 370 g/mol. The van der Waals surface area contributed by atoms with Gasteiger partial charge in [-0.1, -0.05) is 41.9 Å². The minimum absolute atomic E-state index is 0.0328. The van der Waals surface area contributed by atoms with Crippen LogP contribution in [0.3, 0.4) is 0 Å². The van der Waals surface area contributed by atoms with Crippen molar-refractivity contribution in [2.24, 2.45) is 0 Å². The molecule has 2 aliphatic rings. The van der Waals surface area contributed by atoms with Gasteiger partial charge in [0.1, 0.15) is 5.75 Å². The Morgan fingerprint density at radius 1 is 1.04 bits per heavy atom. The molecule has 136 valence electrons. The zero-order chi connectivity index (χ0) is 17.9. The first-order valence-corrected chi connectivity index (χ1v) is 9.62. The molecule has 1 N–H and O–H groups in total. The first-order valence-electron chi connectivity index (χ1n) is 9.24. The Morgan fingerprint density at radius 2 is 1.77 bits per heavy atom. The van der Waals surface area contributed by atoms with Crippen molar-refractivity contribution in [1.29, 1.82) is 0 Å². The van der Waals surface area contributed by atoms with Gasteiger partial charge in [0.2, 0.25) is 0 Å². The van der Waals surface area contributed by atoms with E-state index in [2.05, 4.69) is 17.4 Å². The van der Waals surface area contributed by atoms with E-state index in [0.29, 0.717) is 22.7 Å². The Bertz CT molecular complexity index is 787. The summed E-state index contributed by atoms with van der Waals surface area (Å²) in [6.07, 6.45) is 2.89. The normalized spacial score (nSPS) is 20.3. The van der Waals surface area contributed by atoms with Crippen LogP contribution in [0.5, 0.6) is 5.75 Å². The van der Waals surface area contributed by atoms with Gasteiger partial charge in [0.05, 0.1) is 17.2 Å². The quantitative estimate of drug-likeness (QED) is 0.885. The fourth-order valence-corrected chi connectivity index (χ4v) is 4.07. The number of nitrogens with zero attached hydrogens (tertiary/aromatic N) is 1. The van der Waals surface area contributed by atoms with Crippen LogP contribution in [0, 0.1) is 0 Å². The van der Waals surface area contributed by atoms with Gasteiger partial charge in [-0.15, -0.1) is 0 Å². The first kappa shape index (κ1) is 17.4. The Hall–Kier alpha value is -2.04. The number of hydrogen-bond donors (Lipinski definition) is 1. The molecule has 4 nitrogen and oxygen atoms in total. The van der Waals surface area contributed by atoms with E-state index < -0.39 is 0 Å². The van der Waals surface area contributed by atoms with Crippen LogP contribution in [0.1, 0.15) is 41.2 Å². The van der Waals surface area contributed by atoms with E-state index in [1.165, 1.54) is 5.56 Å². The number of fused-ring (bicyclic) bond motifs is 1. The second-order valence-corrected chi connectivity index (χ2v) is 7.35. The molecule has 0 spiro atoms. The molecule has 0 aliphatic carbocycles. The average Bonchev–Trinajstić information content (AvgIpc) is 2.69. The molecule has 0 bridgehead atoms. The molecule has 1 unspecified atom stereocenters. The standard InChI is InChI=1S/C21H23ClN2O2/c22-18-7-3-1-5-16(18)21(25)24-12-9-15(10-13-24)23-19-11-14-26-20-8-4-2-6-17(19)20/h1-8,15,19,23H,9-14H2. The number of likely N-dealkylation sites (tertiary alicyclic amines) is 1. The van der Waals surface area contributed by atoms with Crippen molar-refractivity contribution >= 4 is 17.5 Å². The smallest absolute Gasteiger partial charge is 0.255 e. The Labute approximate surface area is 159 Å². The maximum absolute atomic E-state index is 12.7. The van der Waals surface area contributed by atoms with Crippen LogP contribution in [0.15, 0.2) is 48.5 Å². The molecule has 1 fully saturated rings. The van der Waals surface area contributed by atoms with Crippen LogP contribution in [-0.4, -0.2) is 36.5 Å². The lowest BCUT2D eigenvalue weighted by Gasteiger charge is -2.36. The number of rotatable bonds is 3. The average molecular weight is 371 g/mol. The summed E-state index contributed by atoms with van der Waals surface area (Å²) in [6.45, 7) is 2.26. The van der Waals surface area contributed by atoms with Crippen molar-refractivity contribution in [2.75, 3.05) is 19.7 Å². The van der Waals surface area contributed by atoms with Crippen molar-refractivity contribution < 1.29 is 9.53 Å². The summed E-state index contributed by atoms with van der Waals surface area (Å²) in [7, 11) is 0. The number of benzene rings is 2. The Balaban J connectivity index is 1.36. The molecule has 2 aliphatic heterocycles. The van der Waals surface area contributed by atoms with Crippen LogP contribution in [0.2, 0.25) is 5.02 Å². The number of halogens is 1. The highest BCUT2D eigenvalue weighted by atomic mass is 35.5. The van der Waals surface area contributed by atoms with Crippen LogP contribution >= 0.6 is 11.6 Å². The number of ether oxygens (including phenoxy) is 1. The Morgan fingerprint density at radius 3 is 2.58 bits per heavy atom. The van der Waals surface area contributed by atoms with Crippen LogP contribution in [-0.2, 0) is 0 Å². The van der Waals surface area contributed by atoms with Crippen molar-refractivity contribution in [3.8, 4) is 5.75 Å². The number of hydrogen-bond acceptors (Lipinski definition) is 3. The van der Waals surface area contributed by atoms with E-state index in [1.807, 2.05) is 29.2 Å². The van der Waals surface area contributed by atoms with Gasteiger partial charge in [0.25, 0.3) is 5.91 Å². The van der Waals surface area contributed by atoms with Crippen LogP contribution in [0.4, 0.5) is 0 Å². The summed E-state index contributed by atoms with van der Waals surface area (Å²) in [4.78, 5) is 14.6. The van der Waals surface area contributed by atoms with E-state index in [0.717, 1.165) is 44.7 Å². The molecule has 2 aromatic carbocycles. The van der Waals surface area contributed by atoms with Gasteiger partial charge >= 0.3 is 0 Å². The molecule has 2 heterocycles. The third-order valence-electron chi connectivity index (χ3n) is 5.28. The SMILES string of the molecule is O=C(c1ccccc1Cl)N1CCC(NC2CCOc3ccccc32)CC1. The molecule has 2 aromatic rings. The molecule has 1 amide bonds. The van der Waals surface area contributed by atoms with Gasteiger partial charge in [0, 0.05) is 37.2 Å². The molecule has 0 radical (unpaired) electrons. The molecule has 1 saturated heterocycles. The zero-order valence-corrected chi connectivity index (χ0v) is 15.4. The van der Waals surface area contributed by atoms with Crippen LogP contribution < -0.4 is 10.1 Å². The second-order valence-electron chi connectivity index (χ2n) is 6.94. The summed E-state index contributed by atoms with van der Waals surface area (Å²) in [5.41, 5.74) is 1.84. The lowest BCUT2D eigenvalue weighted by Crippen LogP contribution is -2.46. The number of nitrogens with one attached hydrogen (secondary N) is 1. The highest BCUT2D eigenvalue weighted by Gasteiger charge is 2.28. The summed E-state index contributed by atoms with van der Waals surface area (Å²) in [6, 6.07) is 16.3. The van der Waals surface area contributed by atoms with Crippen molar-refractivity contribution in [2.45, 2.75) is 31.3 Å². The topological polar surface area (TPSA) is 41.6 Å². The highest BCUT2D eigenvalue weighted by Crippen LogP contribution is 2.32. The fourth-order valence-electron chi connectivity index (χ4n) is 3.85. The minimum Gasteiger partial charge on any atom is -0.493 e. The number of para-hydroxylation sites is 1. The number of carbonyl (C=O) groups excluding carboxylic acids is 1. The van der Waals surface area contributed by atoms with E-state index >= 15 is 0 Å². The molecular formula is C21H23ClN2O2. The lowest BCUT2D eigenvalue weighted by molar-refractivity contribution is 0.0699. The van der Waals surface area contributed by atoms with Crippen molar-refractivity contribution in [1.82, 2.24) is 10.2 Å². The van der Waals surface area contributed by atoms with Crippen LogP contribution in [0.25, 0.3) is 0 Å². The largest absolute Gasteiger partial charge is 0.493 e. The van der Waals surface area contributed by atoms with Gasteiger partial charge in [-0.2, -0.15) is 0 Å². The summed E-state index contributed by atoms with van der Waals surface area (Å²) in [5.74, 6) is 1.02. The number of piperidine rings is 1. The number of carbonyl (C=O) groups is 1. The zero-order valence-electron chi connectivity index (χ0n) is 14.7. The third kappa shape index (κ3) is 3.57.